The van der Waals surface area contributed by atoms with Gasteiger partial charge in [-0.3, -0.25) is 4.90 Å². The van der Waals surface area contributed by atoms with Crippen LogP contribution in [0.1, 0.15) is 25.7 Å². The molecule has 0 saturated carbocycles. The van der Waals surface area contributed by atoms with Crippen molar-refractivity contribution in [2.75, 3.05) is 20.3 Å². The Morgan fingerprint density at radius 2 is 2.09 bits per heavy atom. The van der Waals surface area contributed by atoms with Crippen LogP contribution in [0.15, 0.2) is 28.7 Å². The van der Waals surface area contributed by atoms with Crippen molar-refractivity contribution in [3.63, 3.8) is 0 Å². The van der Waals surface area contributed by atoms with Crippen LogP contribution in [0.2, 0.25) is 0 Å². The zero-order valence-corrected chi connectivity index (χ0v) is 13.6. The van der Waals surface area contributed by atoms with Crippen molar-refractivity contribution in [3.05, 3.63) is 30.2 Å². The fourth-order valence-corrected chi connectivity index (χ4v) is 3.17. The number of rotatable bonds is 5. The van der Waals surface area contributed by atoms with E-state index in [1.54, 1.807) is 7.11 Å². The maximum Gasteiger partial charge on any atom is 0.247 e. The molecule has 0 radical (unpaired) electrons. The van der Waals surface area contributed by atoms with Crippen LogP contribution in [0.4, 0.5) is 0 Å². The molecule has 3 rings (SSSR count). The number of piperidine rings is 1. The van der Waals surface area contributed by atoms with Crippen LogP contribution < -0.4 is 4.74 Å². The van der Waals surface area contributed by atoms with Gasteiger partial charge in [-0.05, 0) is 49.6 Å². The monoisotopic (exact) mass is 317 g/mol. The molecule has 2 unspecified atom stereocenters. The summed E-state index contributed by atoms with van der Waals surface area (Å²) < 4.78 is 10.9. The highest BCUT2D eigenvalue weighted by molar-refractivity contribution is 5.53. The lowest BCUT2D eigenvalue weighted by Gasteiger charge is -2.38. The largest absolute Gasteiger partial charge is 0.497 e. The van der Waals surface area contributed by atoms with Crippen molar-refractivity contribution in [2.45, 2.75) is 32.4 Å². The number of methoxy groups -OCH3 is 1. The molecule has 2 atom stereocenters. The van der Waals surface area contributed by atoms with Crippen LogP contribution in [-0.4, -0.2) is 46.5 Å². The van der Waals surface area contributed by atoms with Gasteiger partial charge >= 0.3 is 0 Å². The minimum absolute atomic E-state index is 0.167. The Kier molecular flexibility index (Phi) is 4.93. The molecular formula is C17H23N3O3. The molecule has 1 N–H and O–H groups in total. The van der Waals surface area contributed by atoms with Crippen LogP contribution in [0.3, 0.4) is 0 Å². The molecule has 0 bridgehead atoms. The second-order valence-corrected chi connectivity index (χ2v) is 6.07. The van der Waals surface area contributed by atoms with E-state index in [4.69, 9.17) is 9.15 Å². The summed E-state index contributed by atoms with van der Waals surface area (Å²) >= 11 is 0. The average molecular weight is 317 g/mol. The third-order valence-corrected chi connectivity index (χ3v) is 4.56. The highest BCUT2D eigenvalue weighted by atomic mass is 16.5. The van der Waals surface area contributed by atoms with Gasteiger partial charge in [0, 0.05) is 11.6 Å². The fourth-order valence-electron chi connectivity index (χ4n) is 3.17. The fraction of sp³-hybridized carbons (Fsp3) is 0.529. The molecule has 124 valence electrons. The van der Waals surface area contributed by atoms with Crippen LogP contribution in [0.25, 0.3) is 11.5 Å². The molecular weight excluding hydrogens is 294 g/mol. The topological polar surface area (TPSA) is 71.6 Å². The number of hydrogen-bond donors (Lipinski definition) is 1. The summed E-state index contributed by atoms with van der Waals surface area (Å²) in [4.78, 5) is 2.24. The van der Waals surface area contributed by atoms with E-state index < -0.39 is 0 Å². The van der Waals surface area contributed by atoms with E-state index in [-0.39, 0.29) is 12.6 Å². The van der Waals surface area contributed by atoms with E-state index in [2.05, 4.69) is 22.0 Å². The molecule has 2 heterocycles. The van der Waals surface area contributed by atoms with Crippen LogP contribution >= 0.6 is 0 Å². The van der Waals surface area contributed by atoms with Crippen molar-refractivity contribution < 1.29 is 14.3 Å². The lowest BCUT2D eigenvalue weighted by Crippen LogP contribution is -2.46. The molecule has 6 nitrogen and oxygen atoms in total. The summed E-state index contributed by atoms with van der Waals surface area (Å²) in [7, 11) is 1.64. The molecule has 1 fully saturated rings. The van der Waals surface area contributed by atoms with Crippen LogP contribution in [0.5, 0.6) is 5.75 Å². The van der Waals surface area contributed by atoms with E-state index >= 15 is 0 Å². The first kappa shape index (κ1) is 16.0. The molecule has 6 heteroatoms. The van der Waals surface area contributed by atoms with Gasteiger partial charge in [-0.2, -0.15) is 0 Å². The summed E-state index contributed by atoms with van der Waals surface area (Å²) in [6.07, 6.45) is 2.29. The number of benzene rings is 1. The Labute approximate surface area is 136 Å². The third-order valence-electron chi connectivity index (χ3n) is 4.56. The number of aliphatic hydroxyl groups excluding tert-OH is 1. The van der Waals surface area contributed by atoms with E-state index in [0.29, 0.717) is 24.2 Å². The molecule has 2 aromatic rings. The first-order chi connectivity index (χ1) is 11.2. The van der Waals surface area contributed by atoms with Crippen molar-refractivity contribution in [1.82, 2.24) is 15.1 Å². The first-order valence-corrected chi connectivity index (χ1v) is 8.03. The maximum atomic E-state index is 9.62. The summed E-state index contributed by atoms with van der Waals surface area (Å²) in [6.45, 7) is 3.89. The lowest BCUT2D eigenvalue weighted by atomic mass is 9.91. The number of likely N-dealkylation sites (tertiary alicyclic amines) is 1. The molecule has 1 aliphatic rings. The Morgan fingerprint density at radius 3 is 2.78 bits per heavy atom. The summed E-state index contributed by atoms with van der Waals surface area (Å²) in [5.74, 6) is 2.37. The minimum Gasteiger partial charge on any atom is -0.497 e. The Morgan fingerprint density at radius 1 is 1.30 bits per heavy atom. The van der Waals surface area contributed by atoms with E-state index in [1.807, 2.05) is 24.3 Å². The highest BCUT2D eigenvalue weighted by Gasteiger charge is 2.29. The molecule has 1 aliphatic heterocycles. The van der Waals surface area contributed by atoms with Gasteiger partial charge in [-0.25, -0.2) is 0 Å². The van der Waals surface area contributed by atoms with Gasteiger partial charge in [-0.15, -0.1) is 10.2 Å². The zero-order chi connectivity index (χ0) is 16.2. The van der Waals surface area contributed by atoms with Gasteiger partial charge in [0.1, 0.15) is 5.75 Å². The molecule has 1 aromatic heterocycles. The number of ether oxygens (including phenoxy) is 1. The molecule has 0 spiro atoms. The second-order valence-electron chi connectivity index (χ2n) is 6.07. The standard InChI is InChI=1S/C17H23N3O3/c1-12-4-3-9-20(15(12)11-21)10-16-18-19-17(23-16)13-5-7-14(22-2)8-6-13/h5-8,12,15,21H,3-4,9-11H2,1-2H3. The lowest BCUT2D eigenvalue weighted by molar-refractivity contribution is 0.0415. The normalized spacial score (nSPS) is 22.2. The van der Waals surface area contributed by atoms with Crippen molar-refractivity contribution in [2.24, 2.45) is 5.92 Å². The smallest absolute Gasteiger partial charge is 0.247 e. The quantitative estimate of drug-likeness (QED) is 0.912. The molecule has 23 heavy (non-hydrogen) atoms. The van der Waals surface area contributed by atoms with Gasteiger partial charge in [0.15, 0.2) is 0 Å². The van der Waals surface area contributed by atoms with Crippen molar-refractivity contribution in [1.29, 1.82) is 0 Å². The van der Waals surface area contributed by atoms with E-state index in [0.717, 1.165) is 30.7 Å². The predicted octanol–water partition coefficient (Wildman–Crippen LogP) is 2.34. The Bertz CT molecular complexity index is 626. The summed E-state index contributed by atoms with van der Waals surface area (Å²) in [5, 5.41) is 17.9. The summed E-state index contributed by atoms with van der Waals surface area (Å²) in [5.41, 5.74) is 0.871. The van der Waals surface area contributed by atoms with Crippen LogP contribution in [-0.2, 0) is 6.54 Å². The van der Waals surface area contributed by atoms with E-state index in [1.165, 1.54) is 0 Å². The third kappa shape index (κ3) is 3.54. The Balaban J connectivity index is 1.71. The van der Waals surface area contributed by atoms with Gasteiger partial charge in [-0.1, -0.05) is 6.92 Å². The highest BCUT2D eigenvalue weighted by Crippen LogP contribution is 2.26. The summed E-state index contributed by atoms with van der Waals surface area (Å²) in [6, 6.07) is 7.70. The zero-order valence-electron chi connectivity index (χ0n) is 13.6. The number of nitrogens with zero attached hydrogens (tertiary/aromatic N) is 3. The predicted molar refractivity (Wildman–Crippen MR) is 86.0 cm³/mol. The van der Waals surface area contributed by atoms with E-state index in [9.17, 15) is 5.11 Å². The number of aliphatic hydroxyl groups is 1. The molecule has 0 aliphatic carbocycles. The van der Waals surface area contributed by atoms with Crippen molar-refractivity contribution >= 4 is 0 Å². The van der Waals surface area contributed by atoms with Gasteiger partial charge in [0.05, 0.1) is 20.3 Å². The first-order valence-electron chi connectivity index (χ1n) is 8.03. The van der Waals surface area contributed by atoms with Gasteiger partial charge < -0.3 is 14.3 Å². The average Bonchev–Trinajstić information content (AvgIpc) is 3.04. The Hall–Kier alpha value is -1.92. The second kappa shape index (κ2) is 7.10. The SMILES string of the molecule is COc1ccc(-c2nnc(CN3CCCC(C)C3CO)o2)cc1. The maximum absolute atomic E-state index is 9.62. The van der Waals surface area contributed by atoms with Crippen molar-refractivity contribution in [3.8, 4) is 17.2 Å². The molecule has 1 saturated heterocycles. The number of aromatic nitrogens is 2. The molecule has 1 aromatic carbocycles. The molecule has 0 amide bonds. The van der Waals surface area contributed by atoms with Gasteiger partial charge in [0.2, 0.25) is 11.8 Å². The van der Waals surface area contributed by atoms with Gasteiger partial charge in [0.25, 0.3) is 0 Å². The minimum atomic E-state index is 0.167. The van der Waals surface area contributed by atoms with Crippen LogP contribution in [0, 0.1) is 5.92 Å². The number of hydrogen-bond acceptors (Lipinski definition) is 6.